The van der Waals surface area contributed by atoms with E-state index >= 15 is 0 Å². The minimum absolute atomic E-state index is 0.0397. The van der Waals surface area contributed by atoms with Crippen molar-refractivity contribution in [2.45, 2.75) is 13.0 Å². The van der Waals surface area contributed by atoms with E-state index in [0.29, 0.717) is 25.3 Å². The first-order chi connectivity index (χ1) is 13.4. The van der Waals surface area contributed by atoms with Crippen molar-refractivity contribution in [1.82, 2.24) is 19.7 Å². The summed E-state index contributed by atoms with van der Waals surface area (Å²) >= 11 is 0. The van der Waals surface area contributed by atoms with Gasteiger partial charge < -0.3 is 19.1 Å². The van der Waals surface area contributed by atoms with Crippen LogP contribution in [-0.4, -0.2) is 65.4 Å². The molecule has 0 aliphatic carbocycles. The van der Waals surface area contributed by atoms with Crippen molar-refractivity contribution < 1.29 is 18.4 Å². The zero-order valence-electron chi connectivity index (χ0n) is 16.1. The van der Waals surface area contributed by atoms with Gasteiger partial charge in [-0.2, -0.15) is 0 Å². The second kappa shape index (κ2) is 6.92. The number of aromatic nitrogens is 1. The molecule has 0 N–H and O–H groups in total. The average Bonchev–Trinajstić information content (AvgIpc) is 3.33. The van der Waals surface area contributed by atoms with Gasteiger partial charge in [-0.05, 0) is 24.6 Å². The van der Waals surface area contributed by atoms with Gasteiger partial charge in [-0.3, -0.25) is 4.79 Å². The molecule has 2 aliphatic rings. The average molecular weight is 386 g/mol. The molecule has 148 valence electrons. The molecule has 2 aliphatic heterocycles. The largest absolute Gasteiger partial charge is 0.438 e. The van der Waals surface area contributed by atoms with Gasteiger partial charge in [0.1, 0.15) is 5.82 Å². The standard InChI is InChI=1S/C20H23FN4O3/c1-12-18(28-11-22-12)19(26)24-8-14-9-25(20(27)23(2)3)17(16(14)10-24)13-5-4-6-15(21)7-13/h4-7,11,14,16-17H,8-10H2,1-3H3/t14-,16-,17-/m1/s1. The van der Waals surface area contributed by atoms with Crippen LogP contribution >= 0.6 is 0 Å². The molecule has 0 radical (unpaired) electrons. The molecule has 2 saturated heterocycles. The summed E-state index contributed by atoms with van der Waals surface area (Å²) in [5.74, 6) is -0.0972. The minimum atomic E-state index is -0.332. The number of urea groups is 1. The van der Waals surface area contributed by atoms with Gasteiger partial charge in [0.25, 0.3) is 5.91 Å². The molecule has 0 bridgehead atoms. The number of rotatable bonds is 2. The monoisotopic (exact) mass is 386 g/mol. The predicted molar refractivity (Wildman–Crippen MR) is 99.1 cm³/mol. The summed E-state index contributed by atoms with van der Waals surface area (Å²) in [7, 11) is 3.42. The van der Waals surface area contributed by atoms with Crippen LogP contribution in [-0.2, 0) is 0 Å². The van der Waals surface area contributed by atoms with Gasteiger partial charge in [0, 0.05) is 45.6 Å². The summed E-state index contributed by atoms with van der Waals surface area (Å²) < 4.78 is 19.1. The number of hydrogen-bond acceptors (Lipinski definition) is 4. The quantitative estimate of drug-likeness (QED) is 0.795. The molecule has 28 heavy (non-hydrogen) atoms. The highest BCUT2D eigenvalue weighted by atomic mass is 19.1. The molecular weight excluding hydrogens is 363 g/mol. The number of amides is 3. The molecular formula is C20H23FN4O3. The Morgan fingerprint density at radius 2 is 2.04 bits per heavy atom. The Kier molecular flexibility index (Phi) is 4.56. The first-order valence-electron chi connectivity index (χ1n) is 9.29. The third kappa shape index (κ3) is 3.02. The molecule has 4 rings (SSSR count). The number of oxazole rings is 1. The molecule has 0 spiro atoms. The Morgan fingerprint density at radius 3 is 2.68 bits per heavy atom. The summed E-state index contributed by atoms with van der Waals surface area (Å²) in [5.41, 5.74) is 1.32. The molecule has 0 saturated carbocycles. The van der Waals surface area contributed by atoms with Gasteiger partial charge in [0.05, 0.1) is 11.7 Å². The van der Waals surface area contributed by atoms with Crippen LogP contribution in [0.5, 0.6) is 0 Å². The second-order valence-electron chi connectivity index (χ2n) is 7.73. The van der Waals surface area contributed by atoms with E-state index < -0.39 is 0 Å². The molecule has 2 fully saturated rings. The molecule has 1 aromatic heterocycles. The highest BCUT2D eigenvalue weighted by Crippen LogP contribution is 2.45. The van der Waals surface area contributed by atoms with Crippen LogP contribution in [0.2, 0.25) is 0 Å². The van der Waals surface area contributed by atoms with Gasteiger partial charge in [0.15, 0.2) is 6.39 Å². The van der Waals surface area contributed by atoms with Crippen molar-refractivity contribution in [2.24, 2.45) is 11.8 Å². The Balaban J connectivity index is 1.63. The van der Waals surface area contributed by atoms with E-state index in [-0.39, 0.29) is 41.4 Å². The zero-order chi connectivity index (χ0) is 20.0. The lowest BCUT2D eigenvalue weighted by molar-refractivity contribution is 0.0734. The van der Waals surface area contributed by atoms with Crippen LogP contribution in [0.4, 0.5) is 9.18 Å². The number of carbonyl (C=O) groups excluding carboxylic acids is 2. The maximum absolute atomic E-state index is 13.9. The third-order valence-electron chi connectivity index (χ3n) is 5.71. The van der Waals surface area contributed by atoms with Crippen LogP contribution in [0, 0.1) is 24.6 Å². The third-order valence-corrected chi connectivity index (χ3v) is 5.71. The zero-order valence-corrected chi connectivity index (χ0v) is 16.1. The van der Waals surface area contributed by atoms with Crippen LogP contribution < -0.4 is 0 Å². The number of nitrogens with zero attached hydrogens (tertiary/aromatic N) is 4. The number of fused-ring (bicyclic) bond motifs is 1. The lowest BCUT2D eigenvalue weighted by atomic mass is 9.89. The van der Waals surface area contributed by atoms with Crippen molar-refractivity contribution in [3.8, 4) is 0 Å². The fourth-order valence-electron chi connectivity index (χ4n) is 4.43. The van der Waals surface area contributed by atoms with Crippen molar-refractivity contribution in [3.63, 3.8) is 0 Å². The van der Waals surface area contributed by atoms with Gasteiger partial charge in [-0.1, -0.05) is 12.1 Å². The Morgan fingerprint density at radius 1 is 1.25 bits per heavy atom. The topological polar surface area (TPSA) is 69.9 Å². The van der Waals surface area contributed by atoms with Crippen molar-refractivity contribution in [3.05, 3.63) is 53.5 Å². The number of benzene rings is 1. The van der Waals surface area contributed by atoms with E-state index in [1.54, 1.807) is 36.9 Å². The van der Waals surface area contributed by atoms with E-state index in [1.165, 1.54) is 23.4 Å². The number of likely N-dealkylation sites (tertiary alicyclic amines) is 2. The molecule has 8 heteroatoms. The van der Waals surface area contributed by atoms with Gasteiger partial charge >= 0.3 is 6.03 Å². The van der Waals surface area contributed by atoms with Gasteiger partial charge in [-0.15, -0.1) is 0 Å². The molecule has 3 heterocycles. The smallest absolute Gasteiger partial charge is 0.320 e. The van der Waals surface area contributed by atoms with Crippen molar-refractivity contribution >= 4 is 11.9 Å². The fraction of sp³-hybridized carbons (Fsp3) is 0.450. The van der Waals surface area contributed by atoms with Crippen molar-refractivity contribution in [2.75, 3.05) is 33.7 Å². The first kappa shape index (κ1) is 18.5. The van der Waals surface area contributed by atoms with Gasteiger partial charge in [0.2, 0.25) is 5.76 Å². The minimum Gasteiger partial charge on any atom is -0.438 e. The van der Waals surface area contributed by atoms with Crippen LogP contribution in [0.15, 0.2) is 35.1 Å². The highest BCUT2D eigenvalue weighted by Gasteiger charge is 2.50. The SMILES string of the molecule is Cc1ncoc1C(=O)N1C[C@@H]2CN(C(=O)N(C)C)[C@H](c3cccc(F)c3)[C@@H]2C1. The van der Waals surface area contributed by atoms with E-state index in [2.05, 4.69) is 4.98 Å². The van der Waals surface area contributed by atoms with E-state index in [0.717, 1.165) is 5.56 Å². The lowest BCUT2D eigenvalue weighted by Crippen LogP contribution is -2.42. The highest BCUT2D eigenvalue weighted by molar-refractivity contribution is 5.92. The second-order valence-corrected chi connectivity index (χ2v) is 7.73. The first-order valence-corrected chi connectivity index (χ1v) is 9.29. The van der Waals surface area contributed by atoms with E-state index in [9.17, 15) is 14.0 Å². The molecule has 1 aromatic carbocycles. The Hall–Kier alpha value is -2.90. The molecule has 2 aromatic rings. The maximum atomic E-state index is 13.9. The summed E-state index contributed by atoms with van der Waals surface area (Å²) in [6, 6.07) is 6.00. The predicted octanol–water partition coefficient (Wildman–Crippen LogP) is 2.55. The number of halogens is 1. The lowest BCUT2D eigenvalue weighted by Gasteiger charge is -2.31. The van der Waals surface area contributed by atoms with E-state index in [4.69, 9.17) is 4.42 Å². The Bertz CT molecular complexity index is 912. The van der Waals surface area contributed by atoms with Crippen LogP contribution in [0.3, 0.4) is 0 Å². The van der Waals surface area contributed by atoms with Crippen LogP contribution in [0.1, 0.15) is 27.9 Å². The summed E-state index contributed by atoms with van der Waals surface area (Å²) in [6.07, 6.45) is 1.27. The number of hydrogen-bond donors (Lipinski definition) is 0. The molecule has 7 nitrogen and oxygen atoms in total. The van der Waals surface area contributed by atoms with E-state index in [1.807, 2.05) is 6.07 Å². The van der Waals surface area contributed by atoms with Crippen molar-refractivity contribution in [1.29, 1.82) is 0 Å². The van der Waals surface area contributed by atoms with Crippen LogP contribution in [0.25, 0.3) is 0 Å². The summed E-state index contributed by atoms with van der Waals surface area (Å²) in [5, 5.41) is 0. The fourth-order valence-corrected chi connectivity index (χ4v) is 4.43. The summed E-state index contributed by atoms with van der Waals surface area (Å²) in [6.45, 7) is 3.29. The maximum Gasteiger partial charge on any atom is 0.320 e. The number of carbonyl (C=O) groups is 2. The molecule has 0 unspecified atom stereocenters. The Labute approximate surface area is 162 Å². The van der Waals surface area contributed by atoms with Gasteiger partial charge in [-0.25, -0.2) is 14.2 Å². The number of aryl methyl sites for hydroxylation is 1. The molecule has 3 atom stereocenters. The summed E-state index contributed by atoms with van der Waals surface area (Å²) in [4.78, 5) is 34.7. The normalized spacial score (nSPS) is 23.8. The molecule has 3 amide bonds.